The van der Waals surface area contributed by atoms with E-state index in [1.54, 1.807) is 17.2 Å². The Bertz CT molecular complexity index is 863. The van der Waals surface area contributed by atoms with E-state index in [-0.39, 0.29) is 16.7 Å². The third-order valence-corrected chi connectivity index (χ3v) is 7.43. The Hall–Kier alpha value is -2.36. The van der Waals surface area contributed by atoms with Crippen LogP contribution < -0.4 is 10.6 Å². The summed E-state index contributed by atoms with van der Waals surface area (Å²) in [6.07, 6.45) is 9.19. The molecule has 2 unspecified atom stereocenters. The highest BCUT2D eigenvalue weighted by molar-refractivity contribution is 7.80. The summed E-state index contributed by atoms with van der Waals surface area (Å²) in [5.41, 5.74) is -0.537. The van der Waals surface area contributed by atoms with E-state index >= 15 is 0 Å². The standard InChI is InChI=1S/C18H24N8OS/c1-25-9-19-23-15(25)21-13(27)17-4-11-3-12(5-17)7-18(6-11,8-17)14(28)22-16-24-20-10-26(16)2/h9-12H,3-8H2,1-2H3,(H,21,23,27)(H,22,24,28). The SMILES string of the molecule is Cn1cnnc1NC(=O)C12CC3CC(C1)CC(C(=S)Nc1nncn1C)(C3)C2. The summed E-state index contributed by atoms with van der Waals surface area (Å²) in [5.74, 6) is 2.27. The smallest absolute Gasteiger partial charge is 0.232 e. The van der Waals surface area contributed by atoms with Crippen LogP contribution in [-0.2, 0) is 18.9 Å². The van der Waals surface area contributed by atoms with Crippen molar-refractivity contribution in [2.75, 3.05) is 10.6 Å². The van der Waals surface area contributed by atoms with Gasteiger partial charge in [0, 0.05) is 19.5 Å². The van der Waals surface area contributed by atoms with Crippen LogP contribution in [0.2, 0.25) is 0 Å². The van der Waals surface area contributed by atoms with Gasteiger partial charge >= 0.3 is 0 Å². The van der Waals surface area contributed by atoms with E-state index in [1.807, 2.05) is 18.7 Å². The summed E-state index contributed by atoms with van der Waals surface area (Å²) in [4.78, 5) is 14.2. The highest BCUT2D eigenvalue weighted by Crippen LogP contribution is 2.65. The molecule has 0 saturated heterocycles. The summed E-state index contributed by atoms with van der Waals surface area (Å²) in [6.45, 7) is 0. The van der Waals surface area contributed by atoms with Crippen molar-refractivity contribution < 1.29 is 4.79 Å². The van der Waals surface area contributed by atoms with Gasteiger partial charge in [-0.25, -0.2) is 0 Å². The lowest BCUT2D eigenvalue weighted by Crippen LogP contribution is -2.59. The van der Waals surface area contributed by atoms with E-state index in [0.29, 0.717) is 23.7 Å². The molecular formula is C18H24N8OS. The molecule has 4 aliphatic carbocycles. The van der Waals surface area contributed by atoms with Crippen LogP contribution in [-0.4, -0.2) is 40.4 Å². The first-order chi connectivity index (χ1) is 13.4. The van der Waals surface area contributed by atoms with Gasteiger partial charge in [-0.1, -0.05) is 12.2 Å². The molecule has 4 bridgehead atoms. The molecule has 2 aromatic rings. The van der Waals surface area contributed by atoms with Crippen molar-refractivity contribution in [3.63, 3.8) is 0 Å². The van der Waals surface area contributed by atoms with E-state index in [4.69, 9.17) is 12.2 Å². The normalized spacial score (nSPS) is 33.1. The molecule has 148 valence electrons. The van der Waals surface area contributed by atoms with Crippen LogP contribution in [0.25, 0.3) is 0 Å². The molecule has 2 atom stereocenters. The molecule has 9 nitrogen and oxygen atoms in total. The zero-order chi connectivity index (χ0) is 19.5. The van der Waals surface area contributed by atoms with Crippen molar-refractivity contribution >= 4 is 35.0 Å². The van der Waals surface area contributed by atoms with Crippen LogP contribution in [0, 0.1) is 22.7 Å². The second-order valence-corrected chi connectivity index (χ2v) is 9.37. The topological polar surface area (TPSA) is 103 Å². The van der Waals surface area contributed by atoms with Gasteiger partial charge < -0.3 is 14.5 Å². The summed E-state index contributed by atoms with van der Waals surface area (Å²) in [5, 5.41) is 22.3. The van der Waals surface area contributed by atoms with Gasteiger partial charge in [0.1, 0.15) is 12.7 Å². The fourth-order valence-corrected chi connectivity index (χ4v) is 6.38. The third-order valence-electron chi connectivity index (χ3n) is 6.90. The molecular weight excluding hydrogens is 376 g/mol. The minimum Gasteiger partial charge on any atom is -0.318 e. The predicted molar refractivity (Wildman–Crippen MR) is 106 cm³/mol. The van der Waals surface area contributed by atoms with Gasteiger partial charge in [-0.2, -0.15) is 0 Å². The maximum absolute atomic E-state index is 13.4. The Morgan fingerprint density at radius 2 is 1.54 bits per heavy atom. The molecule has 0 radical (unpaired) electrons. The number of hydrogen-bond acceptors (Lipinski definition) is 6. The number of carbonyl (C=O) groups is 1. The minimum atomic E-state index is -0.387. The highest BCUT2D eigenvalue weighted by atomic mass is 32.1. The molecule has 0 spiro atoms. The fraction of sp³-hybridized carbons (Fsp3) is 0.667. The molecule has 10 heteroatoms. The monoisotopic (exact) mass is 400 g/mol. The van der Waals surface area contributed by atoms with Crippen molar-refractivity contribution in [2.45, 2.75) is 38.5 Å². The number of carbonyl (C=O) groups excluding carboxylic acids is 1. The molecule has 0 aliphatic heterocycles. The van der Waals surface area contributed by atoms with E-state index in [2.05, 4.69) is 31.0 Å². The van der Waals surface area contributed by atoms with Gasteiger partial charge in [-0.05, 0) is 50.4 Å². The Morgan fingerprint density at radius 3 is 2.07 bits per heavy atom. The van der Waals surface area contributed by atoms with Gasteiger partial charge in [0.05, 0.1) is 10.4 Å². The summed E-state index contributed by atoms with van der Waals surface area (Å²) < 4.78 is 3.55. The Labute approximate surface area is 168 Å². The summed E-state index contributed by atoms with van der Waals surface area (Å²) in [7, 11) is 3.72. The summed E-state index contributed by atoms with van der Waals surface area (Å²) in [6, 6.07) is 0. The predicted octanol–water partition coefficient (Wildman–Crippen LogP) is 1.91. The number of nitrogens with zero attached hydrogens (tertiary/aromatic N) is 6. The van der Waals surface area contributed by atoms with Crippen LogP contribution >= 0.6 is 12.2 Å². The Balaban J connectivity index is 1.42. The molecule has 28 heavy (non-hydrogen) atoms. The molecule has 4 saturated carbocycles. The molecule has 2 N–H and O–H groups in total. The van der Waals surface area contributed by atoms with E-state index in [9.17, 15) is 4.79 Å². The number of aryl methyl sites for hydroxylation is 2. The van der Waals surface area contributed by atoms with Crippen molar-refractivity contribution in [3.05, 3.63) is 12.7 Å². The van der Waals surface area contributed by atoms with Gasteiger partial charge in [0.2, 0.25) is 17.8 Å². The first-order valence-electron chi connectivity index (χ1n) is 9.70. The molecule has 4 aliphatic rings. The Morgan fingerprint density at radius 1 is 1.00 bits per heavy atom. The second-order valence-electron chi connectivity index (χ2n) is 8.96. The Kier molecular flexibility index (Phi) is 3.84. The lowest BCUT2D eigenvalue weighted by atomic mass is 9.44. The van der Waals surface area contributed by atoms with Gasteiger partial charge in [-0.15, -0.1) is 20.4 Å². The van der Waals surface area contributed by atoms with E-state index in [1.165, 1.54) is 6.42 Å². The molecule has 2 aromatic heterocycles. The van der Waals surface area contributed by atoms with Crippen LogP contribution in [0.4, 0.5) is 11.9 Å². The quantitative estimate of drug-likeness (QED) is 0.756. The van der Waals surface area contributed by atoms with Crippen molar-refractivity contribution in [2.24, 2.45) is 36.8 Å². The molecule has 0 aromatic carbocycles. The average Bonchev–Trinajstić information content (AvgIpc) is 3.22. The van der Waals surface area contributed by atoms with Crippen molar-refractivity contribution in [3.8, 4) is 0 Å². The van der Waals surface area contributed by atoms with Gasteiger partial charge in [-0.3, -0.25) is 10.1 Å². The van der Waals surface area contributed by atoms with Crippen molar-refractivity contribution in [1.82, 2.24) is 29.5 Å². The number of rotatable bonds is 4. The van der Waals surface area contributed by atoms with Crippen molar-refractivity contribution in [1.29, 1.82) is 0 Å². The fourth-order valence-electron chi connectivity index (χ4n) is 6.05. The van der Waals surface area contributed by atoms with Crippen LogP contribution in [0.3, 0.4) is 0 Å². The average molecular weight is 401 g/mol. The van der Waals surface area contributed by atoms with Crippen LogP contribution in [0.5, 0.6) is 0 Å². The number of nitrogens with one attached hydrogen (secondary N) is 2. The maximum atomic E-state index is 13.4. The van der Waals surface area contributed by atoms with Crippen LogP contribution in [0.15, 0.2) is 12.7 Å². The number of anilines is 2. The first-order valence-corrected chi connectivity index (χ1v) is 10.1. The van der Waals surface area contributed by atoms with Gasteiger partial charge in [0.25, 0.3) is 0 Å². The maximum Gasteiger partial charge on any atom is 0.232 e. The molecule has 4 fully saturated rings. The zero-order valence-corrected chi connectivity index (χ0v) is 16.9. The van der Waals surface area contributed by atoms with E-state index in [0.717, 1.165) is 37.1 Å². The van der Waals surface area contributed by atoms with Crippen LogP contribution in [0.1, 0.15) is 38.5 Å². The van der Waals surface area contributed by atoms with E-state index < -0.39 is 0 Å². The molecule has 6 rings (SSSR count). The summed E-state index contributed by atoms with van der Waals surface area (Å²) >= 11 is 5.88. The zero-order valence-electron chi connectivity index (χ0n) is 16.1. The second kappa shape index (κ2) is 6.07. The molecule has 2 heterocycles. The number of thiocarbonyl (C=S) groups is 1. The lowest BCUT2D eigenvalue weighted by molar-refractivity contribution is -0.144. The number of aromatic nitrogens is 6. The number of amides is 1. The third kappa shape index (κ3) is 2.65. The first kappa shape index (κ1) is 17.7. The van der Waals surface area contributed by atoms with Gasteiger partial charge in [0.15, 0.2) is 0 Å². The minimum absolute atomic E-state index is 0.0588. The highest BCUT2D eigenvalue weighted by Gasteiger charge is 2.62. The largest absolute Gasteiger partial charge is 0.318 e. The lowest BCUT2D eigenvalue weighted by Gasteiger charge is -2.61. The number of hydrogen-bond donors (Lipinski definition) is 2. The molecule has 1 amide bonds.